The molecule has 2 aromatic carbocycles. The third kappa shape index (κ3) is 2.57. The summed E-state index contributed by atoms with van der Waals surface area (Å²) in [5.41, 5.74) is 2.43. The van der Waals surface area contributed by atoms with E-state index in [-0.39, 0.29) is 5.72 Å². The molecule has 136 valence electrons. The van der Waals surface area contributed by atoms with Crippen LogP contribution < -0.4 is 5.06 Å². The lowest BCUT2D eigenvalue weighted by Gasteiger charge is -2.44. The Kier molecular flexibility index (Phi) is 4.22. The van der Waals surface area contributed by atoms with E-state index in [1.54, 1.807) is 0 Å². The van der Waals surface area contributed by atoms with Gasteiger partial charge in [0.05, 0.1) is 11.7 Å². The van der Waals surface area contributed by atoms with Gasteiger partial charge in [-0.1, -0.05) is 55.0 Å². The molecular formula is C23H28N2O. The Hall–Kier alpha value is -1.84. The van der Waals surface area contributed by atoms with Crippen molar-refractivity contribution >= 4 is 5.69 Å². The van der Waals surface area contributed by atoms with Crippen molar-refractivity contribution in [3.05, 3.63) is 66.2 Å². The van der Waals surface area contributed by atoms with Gasteiger partial charge in [0, 0.05) is 19.0 Å². The molecular weight excluding hydrogens is 320 g/mol. The quantitative estimate of drug-likeness (QED) is 0.762. The van der Waals surface area contributed by atoms with Gasteiger partial charge < -0.3 is 0 Å². The van der Waals surface area contributed by atoms with Crippen molar-refractivity contribution in [3.63, 3.8) is 0 Å². The average molecular weight is 348 g/mol. The molecule has 26 heavy (non-hydrogen) atoms. The molecule has 0 bridgehead atoms. The van der Waals surface area contributed by atoms with Crippen LogP contribution in [-0.2, 0) is 4.84 Å². The second-order valence-corrected chi connectivity index (χ2v) is 8.00. The van der Waals surface area contributed by atoms with Crippen LogP contribution >= 0.6 is 0 Å². The topological polar surface area (TPSA) is 15.7 Å². The second kappa shape index (κ2) is 6.71. The Balaban J connectivity index is 1.61. The Morgan fingerprint density at radius 3 is 2.23 bits per heavy atom. The van der Waals surface area contributed by atoms with Gasteiger partial charge in [0.1, 0.15) is 0 Å². The first-order valence-corrected chi connectivity index (χ1v) is 10.2. The fraction of sp³-hybridized carbons (Fsp3) is 0.478. The summed E-state index contributed by atoms with van der Waals surface area (Å²) in [4.78, 5) is 9.61. The van der Waals surface area contributed by atoms with Crippen molar-refractivity contribution in [2.45, 2.75) is 50.3 Å². The largest absolute Gasteiger partial charge is 0.273 e. The Morgan fingerprint density at radius 1 is 0.808 bits per heavy atom. The highest BCUT2D eigenvalue weighted by atomic mass is 16.7. The fourth-order valence-corrected chi connectivity index (χ4v) is 5.41. The summed E-state index contributed by atoms with van der Waals surface area (Å²) in [7, 11) is 0. The van der Waals surface area contributed by atoms with Crippen LogP contribution in [0.5, 0.6) is 0 Å². The minimum atomic E-state index is -0.120. The number of para-hydroxylation sites is 1. The maximum Gasteiger partial charge on any atom is 0.154 e. The van der Waals surface area contributed by atoms with Gasteiger partial charge in [-0.05, 0) is 49.8 Å². The summed E-state index contributed by atoms with van der Waals surface area (Å²) in [6, 6.07) is 22.0. The van der Waals surface area contributed by atoms with Crippen LogP contribution in [0.25, 0.3) is 0 Å². The van der Waals surface area contributed by atoms with E-state index < -0.39 is 0 Å². The zero-order valence-corrected chi connectivity index (χ0v) is 15.4. The number of fused-ring (bicyclic) bond motifs is 1. The number of anilines is 1. The van der Waals surface area contributed by atoms with Crippen LogP contribution in [-0.4, -0.2) is 23.7 Å². The van der Waals surface area contributed by atoms with Crippen LogP contribution in [0.2, 0.25) is 0 Å². The van der Waals surface area contributed by atoms with Crippen molar-refractivity contribution in [3.8, 4) is 0 Å². The van der Waals surface area contributed by atoms with E-state index in [1.807, 2.05) is 0 Å². The van der Waals surface area contributed by atoms with Crippen molar-refractivity contribution in [2.24, 2.45) is 5.92 Å². The lowest BCUT2D eigenvalue weighted by atomic mass is 9.75. The second-order valence-electron chi connectivity index (χ2n) is 8.00. The van der Waals surface area contributed by atoms with Crippen molar-refractivity contribution < 1.29 is 4.84 Å². The van der Waals surface area contributed by atoms with Gasteiger partial charge in [-0.3, -0.25) is 4.90 Å². The summed E-state index contributed by atoms with van der Waals surface area (Å²) in [6.07, 6.45) is 7.61. The van der Waals surface area contributed by atoms with Gasteiger partial charge in [-0.15, -0.1) is 0 Å². The number of likely N-dealkylation sites (tertiary alicyclic amines) is 1. The summed E-state index contributed by atoms with van der Waals surface area (Å²) >= 11 is 0. The van der Waals surface area contributed by atoms with E-state index in [1.165, 1.54) is 56.4 Å². The molecule has 0 aromatic heterocycles. The molecule has 1 aliphatic carbocycles. The SMILES string of the molecule is c1ccc(C2C3CCCCC3(N3CCCC3)ON2c2ccccc2)cc1. The van der Waals surface area contributed by atoms with E-state index >= 15 is 0 Å². The highest BCUT2D eigenvalue weighted by molar-refractivity contribution is 5.48. The standard InChI is InChI=1S/C23H28N2O/c1-3-11-19(12-4-1)22-21-15-7-8-16-23(21,24-17-9-10-18-24)26-25(22)20-13-5-2-6-14-20/h1-6,11-14,21-22H,7-10,15-18H2. The predicted octanol–water partition coefficient (Wildman–Crippen LogP) is 5.16. The van der Waals surface area contributed by atoms with E-state index in [2.05, 4.69) is 70.6 Å². The molecule has 3 nitrogen and oxygen atoms in total. The van der Waals surface area contributed by atoms with Gasteiger partial charge >= 0.3 is 0 Å². The third-order valence-electron chi connectivity index (χ3n) is 6.56. The fourth-order valence-electron chi connectivity index (χ4n) is 5.41. The monoisotopic (exact) mass is 348 g/mol. The van der Waals surface area contributed by atoms with Crippen LogP contribution in [0.15, 0.2) is 60.7 Å². The Labute approximate surface area is 156 Å². The van der Waals surface area contributed by atoms with E-state index in [0.29, 0.717) is 12.0 Å². The number of hydroxylamine groups is 1. The summed E-state index contributed by atoms with van der Waals surface area (Å²) in [5.74, 6) is 0.525. The molecule has 2 heterocycles. The molecule has 3 fully saturated rings. The maximum absolute atomic E-state index is 6.95. The highest BCUT2D eigenvalue weighted by Gasteiger charge is 2.59. The lowest BCUT2D eigenvalue weighted by molar-refractivity contribution is -0.161. The minimum Gasteiger partial charge on any atom is -0.273 e. The highest BCUT2D eigenvalue weighted by Crippen LogP contribution is 2.55. The molecule has 3 aliphatic rings. The predicted molar refractivity (Wildman–Crippen MR) is 105 cm³/mol. The molecule has 2 aliphatic heterocycles. The van der Waals surface area contributed by atoms with Crippen molar-refractivity contribution in [2.75, 3.05) is 18.2 Å². The van der Waals surface area contributed by atoms with Gasteiger partial charge in [0.2, 0.25) is 0 Å². The molecule has 1 saturated carbocycles. The van der Waals surface area contributed by atoms with Crippen molar-refractivity contribution in [1.82, 2.24) is 4.90 Å². The van der Waals surface area contributed by atoms with Crippen LogP contribution in [0.3, 0.4) is 0 Å². The van der Waals surface area contributed by atoms with Gasteiger partial charge in [-0.25, -0.2) is 9.90 Å². The molecule has 2 aromatic rings. The molecule has 2 saturated heterocycles. The van der Waals surface area contributed by atoms with Gasteiger partial charge in [-0.2, -0.15) is 0 Å². The average Bonchev–Trinajstić information content (AvgIpc) is 3.36. The van der Waals surface area contributed by atoms with E-state index in [4.69, 9.17) is 4.84 Å². The summed E-state index contributed by atoms with van der Waals surface area (Å²) in [5, 5.41) is 2.24. The lowest BCUT2D eigenvalue weighted by Crippen LogP contribution is -2.53. The number of rotatable bonds is 3. The van der Waals surface area contributed by atoms with E-state index in [0.717, 1.165) is 6.42 Å². The first-order valence-electron chi connectivity index (χ1n) is 10.2. The summed E-state index contributed by atoms with van der Waals surface area (Å²) in [6.45, 7) is 2.36. The van der Waals surface area contributed by atoms with Crippen LogP contribution in [0, 0.1) is 5.92 Å². The molecule has 0 spiro atoms. The normalized spacial score (nSPS) is 31.9. The molecule has 3 unspecified atom stereocenters. The third-order valence-corrected chi connectivity index (χ3v) is 6.56. The molecule has 0 amide bonds. The Bertz CT molecular complexity index is 728. The molecule has 0 radical (unpaired) electrons. The zero-order chi connectivity index (χ0) is 17.4. The maximum atomic E-state index is 6.95. The van der Waals surface area contributed by atoms with Gasteiger partial charge in [0.15, 0.2) is 5.72 Å². The van der Waals surface area contributed by atoms with Crippen molar-refractivity contribution in [1.29, 1.82) is 0 Å². The molecule has 5 rings (SSSR count). The first kappa shape index (κ1) is 16.3. The smallest absolute Gasteiger partial charge is 0.154 e. The van der Waals surface area contributed by atoms with Crippen LogP contribution in [0.1, 0.15) is 50.1 Å². The number of nitrogens with zero attached hydrogens (tertiary/aromatic N) is 2. The van der Waals surface area contributed by atoms with Gasteiger partial charge in [0.25, 0.3) is 0 Å². The molecule has 0 N–H and O–H groups in total. The first-order chi connectivity index (χ1) is 12.9. The minimum absolute atomic E-state index is 0.120. The van der Waals surface area contributed by atoms with Crippen LogP contribution in [0.4, 0.5) is 5.69 Å². The number of hydrogen-bond acceptors (Lipinski definition) is 3. The van der Waals surface area contributed by atoms with E-state index in [9.17, 15) is 0 Å². The molecule has 3 heteroatoms. The number of hydrogen-bond donors (Lipinski definition) is 0. The summed E-state index contributed by atoms with van der Waals surface area (Å²) < 4.78 is 0. The zero-order valence-electron chi connectivity index (χ0n) is 15.4. The molecule has 3 atom stereocenters. The Morgan fingerprint density at radius 2 is 1.50 bits per heavy atom. The number of benzene rings is 2.